The van der Waals surface area contributed by atoms with Gasteiger partial charge < -0.3 is 4.74 Å². The van der Waals surface area contributed by atoms with E-state index < -0.39 is 16.7 Å². The van der Waals surface area contributed by atoms with E-state index in [0.717, 1.165) is 55.6 Å². The summed E-state index contributed by atoms with van der Waals surface area (Å²) in [7, 11) is 0. The maximum Gasteiger partial charge on any atom is 0.314 e. The SMILES string of the molecule is C=CC1CCC2CC(C3CCC(C(=O)Oc4cc(F)c(Cl)c(F)c4)CC3)CCC2C1. The summed E-state index contributed by atoms with van der Waals surface area (Å²) in [5.74, 6) is 1.41. The lowest BCUT2D eigenvalue weighted by Gasteiger charge is -2.45. The van der Waals surface area contributed by atoms with Crippen LogP contribution in [0.15, 0.2) is 24.8 Å². The second-order valence-electron chi connectivity index (χ2n) is 9.64. The van der Waals surface area contributed by atoms with E-state index in [1.807, 2.05) is 0 Å². The second kappa shape index (κ2) is 9.38. The highest BCUT2D eigenvalue weighted by atomic mass is 35.5. The number of carbonyl (C=O) groups excluding carboxylic acids is 1. The Labute approximate surface area is 183 Å². The number of ether oxygens (including phenoxy) is 1. The molecule has 4 atom stereocenters. The minimum Gasteiger partial charge on any atom is -0.426 e. The Morgan fingerprint density at radius 3 is 2.07 bits per heavy atom. The molecule has 3 fully saturated rings. The van der Waals surface area contributed by atoms with Crippen molar-refractivity contribution in [3.05, 3.63) is 41.4 Å². The van der Waals surface area contributed by atoms with Crippen LogP contribution in [-0.4, -0.2) is 5.97 Å². The number of fused-ring (bicyclic) bond motifs is 1. The fourth-order valence-corrected chi connectivity index (χ4v) is 6.33. The fourth-order valence-electron chi connectivity index (χ4n) is 6.22. The molecule has 0 aliphatic heterocycles. The summed E-state index contributed by atoms with van der Waals surface area (Å²) in [6.07, 6.45) is 13.8. The highest BCUT2D eigenvalue weighted by Crippen LogP contribution is 2.49. The van der Waals surface area contributed by atoms with Crippen molar-refractivity contribution >= 4 is 17.6 Å². The number of rotatable bonds is 4. The number of halogens is 3. The Kier molecular flexibility index (Phi) is 6.81. The van der Waals surface area contributed by atoms with Crippen LogP contribution < -0.4 is 4.74 Å². The second-order valence-corrected chi connectivity index (χ2v) is 10.0. The van der Waals surface area contributed by atoms with Gasteiger partial charge >= 0.3 is 5.97 Å². The van der Waals surface area contributed by atoms with Crippen LogP contribution in [0.2, 0.25) is 5.02 Å². The van der Waals surface area contributed by atoms with Gasteiger partial charge in [0.1, 0.15) is 22.4 Å². The number of benzene rings is 1. The van der Waals surface area contributed by atoms with Gasteiger partial charge in [0, 0.05) is 12.1 Å². The van der Waals surface area contributed by atoms with Gasteiger partial charge in [0.25, 0.3) is 0 Å². The zero-order valence-electron chi connectivity index (χ0n) is 17.4. The number of allylic oxidation sites excluding steroid dienone is 1. The maximum absolute atomic E-state index is 13.6. The van der Waals surface area contributed by atoms with E-state index in [9.17, 15) is 13.6 Å². The van der Waals surface area contributed by atoms with E-state index >= 15 is 0 Å². The molecule has 164 valence electrons. The Hall–Kier alpha value is -1.42. The van der Waals surface area contributed by atoms with Crippen LogP contribution in [0.5, 0.6) is 5.75 Å². The first kappa shape index (κ1) is 21.8. The van der Waals surface area contributed by atoms with Crippen LogP contribution in [0, 0.1) is 47.1 Å². The summed E-state index contributed by atoms with van der Waals surface area (Å²) in [5.41, 5.74) is 0. The van der Waals surface area contributed by atoms with Crippen molar-refractivity contribution in [2.75, 3.05) is 0 Å². The molecule has 30 heavy (non-hydrogen) atoms. The molecule has 4 rings (SSSR count). The third-order valence-corrected chi connectivity index (χ3v) is 8.34. The predicted molar refractivity (Wildman–Crippen MR) is 114 cm³/mol. The standard InChI is InChI=1S/C25H31ClF2O2/c1-2-15-3-4-20-12-19(10-9-18(20)11-15)16-5-7-17(8-6-16)25(29)30-21-13-22(27)24(26)23(28)14-21/h2,13-20H,1,3-12H2. The minimum atomic E-state index is -0.916. The van der Waals surface area contributed by atoms with Crippen LogP contribution in [-0.2, 0) is 4.79 Å². The molecule has 3 aliphatic rings. The monoisotopic (exact) mass is 436 g/mol. The molecule has 0 radical (unpaired) electrons. The van der Waals surface area contributed by atoms with Gasteiger partial charge in [-0.3, -0.25) is 4.79 Å². The summed E-state index contributed by atoms with van der Waals surface area (Å²) in [4.78, 5) is 12.5. The molecular weight excluding hydrogens is 406 g/mol. The predicted octanol–water partition coefficient (Wildman–Crippen LogP) is 7.35. The van der Waals surface area contributed by atoms with Crippen molar-refractivity contribution in [1.82, 2.24) is 0 Å². The molecule has 2 nitrogen and oxygen atoms in total. The van der Waals surface area contributed by atoms with Crippen LogP contribution in [0.4, 0.5) is 8.78 Å². The first-order valence-corrected chi connectivity index (χ1v) is 11.8. The van der Waals surface area contributed by atoms with Gasteiger partial charge in [0.15, 0.2) is 0 Å². The van der Waals surface area contributed by atoms with Gasteiger partial charge in [-0.15, -0.1) is 6.58 Å². The topological polar surface area (TPSA) is 26.3 Å². The lowest BCUT2D eigenvalue weighted by Crippen LogP contribution is -2.35. The van der Waals surface area contributed by atoms with Crippen molar-refractivity contribution in [1.29, 1.82) is 0 Å². The third-order valence-electron chi connectivity index (χ3n) is 7.98. The van der Waals surface area contributed by atoms with Crippen LogP contribution in [0.3, 0.4) is 0 Å². The Morgan fingerprint density at radius 2 is 1.43 bits per heavy atom. The lowest BCUT2D eigenvalue weighted by atomic mass is 9.61. The number of hydrogen-bond acceptors (Lipinski definition) is 2. The molecule has 0 spiro atoms. The van der Waals surface area contributed by atoms with E-state index in [0.29, 0.717) is 11.8 Å². The first-order chi connectivity index (χ1) is 14.4. The van der Waals surface area contributed by atoms with E-state index in [2.05, 4.69) is 12.7 Å². The lowest BCUT2D eigenvalue weighted by molar-refractivity contribution is -0.140. The molecule has 4 unspecified atom stereocenters. The van der Waals surface area contributed by atoms with Crippen molar-refractivity contribution in [2.24, 2.45) is 35.5 Å². The minimum absolute atomic E-state index is 0.116. The van der Waals surface area contributed by atoms with Crippen LogP contribution in [0.25, 0.3) is 0 Å². The van der Waals surface area contributed by atoms with Crippen molar-refractivity contribution in [3.8, 4) is 5.75 Å². The molecule has 1 aromatic rings. The molecular formula is C25H31ClF2O2. The summed E-state index contributed by atoms with van der Waals surface area (Å²) < 4.78 is 32.4. The van der Waals surface area contributed by atoms with Gasteiger partial charge in [-0.1, -0.05) is 17.7 Å². The van der Waals surface area contributed by atoms with Crippen molar-refractivity contribution in [2.45, 2.75) is 64.2 Å². The number of esters is 1. The number of hydrogen-bond donors (Lipinski definition) is 0. The smallest absolute Gasteiger partial charge is 0.314 e. The Balaban J connectivity index is 1.27. The van der Waals surface area contributed by atoms with Gasteiger partial charge in [0.05, 0.1) is 5.92 Å². The van der Waals surface area contributed by atoms with Crippen molar-refractivity contribution < 1.29 is 18.3 Å². The summed E-state index contributed by atoms with van der Waals surface area (Å²) in [6, 6.07) is 1.93. The van der Waals surface area contributed by atoms with Gasteiger partial charge in [-0.25, -0.2) is 8.78 Å². The van der Waals surface area contributed by atoms with Gasteiger partial charge in [0.2, 0.25) is 0 Å². The van der Waals surface area contributed by atoms with Crippen LogP contribution >= 0.6 is 11.6 Å². The van der Waals surface area contributed by atoms with E-state index in [1.54, 1.807) is 0 Å². The molecule has 0 amide bonds. The van der Waals surface area contributed by atoms with Gasteiger partial charge in [-0.2, -0.15) is 0 Å². The number of carbonyl (C=O) groups is 1. The highest BCUT2D eigenvalue weighted by molar-refractivity contribution is 6.30. The van der Waals surface area contributed by atoms with E-state index in [4.69, 9.17) is 16.3 Å². The zero-order valence-corrected chi connectivity index (χ0v) is 18.2. The third kappa shape index (κ3) is 4.74. The molecule has 0 N–H and O–H groups in total. The summed E-state index contributed by atoms with van der Waals surface area (Å²) in [6.45, 7) is 3.99. The molecule has 0 aromatic heterocycles. The van der Waals surface area contributed by atoms with Gasteiger partial charge in [-0.05, 0) is 93.8 Å². The molecule has 5 heteroatoms. The molecule has 3 aliphatic carbocycles. The highest BCUT2D eigenvalue weighted by Gasteiger charge is 2.39. The normalized spacial score (nSPS) is 34.1. The molecule has 0 bridgehead atoms. The van der Waals surface area contributed by atoms with E-state index in [-0.39, 0.29) is 17.6 Å². The largest absolute Gasteiger partial charge is 0.426 e. The average Bonchev–Trinajstić information content (AvgIpc) is 2.76. The first-order valence-electron chi connectivity index (χ1n) is 11.4. The van der Waals surface area contributed by atoms with E-state index in [1.165, 1.54) is 38.5 Å². The molecule has 0 heterocycles. The quantitative estimate of drug-likeness (QED) is 0.213. The Morgan fingerprint density at radius 1 is 0.900 bits per heavy atom. The molecule has 3 saturated carbocycles. The molecule has 0 saturated heterocycles. The maximum atomic E-state index is 13.6. The summed E-state index contributed by atoms with van der Waals surface area (Å²) >= 11 is 5.49. The average molecular weight is 437 g/mol. The molecule has 1 aromatic carbocycles. The Bertz CT molecular complexity index is 764. The van der Waals surface area contributed by atoms with Crippen LogP contribution in [0.1, 0.15) is 64.2 Å². The van der Waals surface area contributed by atoms with Crippen molar-refractivity contribution in [3.63, 3.8) is 0 Å². The fraction of sp³-hybridized carbons (Fsp3) is 0.640. The summed E-state index contributed by atoms with van der Waals surface area (Å²) in [5, 5.41) is -0.581. The zero-order chi connectivity index (χ0) is 21.3.